The maximum absolute atomic E-state index is 12.2. The summed E-state index contributed by atoms with van der Waals surface area (Å²) in [6, 6.07) is 0.330. The van der Waals surface area contributed by atoms with Crippen LogP contribution in [-0.2, 0) is 4.79 Å². The van der Waals surface area contributed by atoms with Gasteiger partial charge in [0.15, 0.2) is 0 Å². The molecule has 0 bridgehead atoms. The van der Waals surface area contributed by atoms with Crippen LogP contribution in [0.1, 0.15) is 32.6 Å². The van der Waals surface area contributed by atoms with Crippen LogP contribution in [0, 0.1) is 11.8 Å². The Kier molecular flexibility index (Phi) is 7.11. The van der Waals surface area contributed by atoms with E-state index in [1.807, 2.05) is 0 Å². The minimum absolute atomic E-state index is 0. The van der Waals surface area contributed by atoms with E-state index in [1.54, 1.807) is 0 Å². The molecule has 2 N–H and O–H groups in total. The van der Waals surface area contributed by atoms with Gasteiger partial charge in [-0.3, -0.25) is 4.79 Å². The van der Waals surface area contributed by atoms with Crippen molar-refractivity contribution in [1.82, 2.24) is 15.5 Å². The van der Waals surface area contributed by atoms with Crippen molar-refractivity contribution in [3.8, 4) is 0 Å². The fourth-order valence-corrected chi connectivity index (χ4v) is 3.04. The molecule has 2 unspecified atom stereocenters. The molecule has 0 aliphatic carbocycles. The lowest BCUT2D eigenvalue weighted by molar-refractivity contribution is -0.126. The number of carbonyl (C=O) groups is 1. The summed E-state index contributed by atoms with van der Waals surface area (Å²) < 4.78 is 0. The number of rotatable bonds is 3. The normalized spacial score (nSPS) is 29.6. The fourth-order valence-electron chi connectivity index (χ4n) is 3.04. The van der Waals surface area contributed by atoms with Gasteiger partial charge < -0.3 is 15.5 Å². The van der Waals surface area contributed by atoms with E-state index in [2.05, 4.69) is 29.5 Å². The first kappa shape index (κ1) is 16.7. The van der Waals surface area contributed by atoms with Crippen LogP contribution in [0.4, 0.5) is 0 Å². The lowest BCUT2D eigenvalue weighted by Gasteiger charge is -2.31. The molecule has 19 heavy (non-hydrogen) atoms. The van der Waals surface area contributed by atoms with Crippen LogP contribution in [0.5, 0.6) is 0 Å². The van der Waals surface area contributed by atoms with Crippen molar-refractivity contribution in [2.75, 3.05) is 33.2 Å². The Morgan fingerprint density at radius 1 is 1.32 bits per heavy atom. The lowest BCUT2D eigenvalue weighted by atomic mass is 9.90. The highest BCUT2D eigenvalue weighted by molar-refractivity contribution is 5.85. The first-order valence-electron chi connectivity index (χ1n) is 7.36. The van der Waals surface area contributed by atoms with Gasteiger partial charge in [-0.2, -0.15) is 0 Å². The Balaban J connectivity index is 0.00000180. The van der Waals surface area contributed by atoms with E-state index >= 15 is 0 Å². The van der Waals surface area contributed by atoms with Gasteiger partial charge in [-0.15, -0.1) is 12.4 Å². The third kappa shape index (κ3) is 4.93. The topological polar surface area (TPSA) is 44.4 Å². The van der Waals surface area contributed by atoms with Gasteiger partial charge in [-0.1, -0.05) is 0 Å². The lowest BCUT2D eigenvalue weighted by Crippen LogP contribution is -2.48. The predicted octanol–water partition coefficient (Wildman–Crippen LogP) is 1.25. The summed E-state index contributed by atoms with van der Waals surface area (Å²) in [6.07, 6.45) is 4.59. The van der Waals surface area contributed by atoms with Crippen LogP contribution in [0.25, 0.3) is 0 Å². The molecule has 2 rings (SSSR count). The molecule has 0 aromatic rings. The molecule has 0 spiro atoms. The number of amides is 1. The van der Waals surface area contributed by atoms with Crippen molar-refractivity contribution in [3.63, 3.8) is 0 Å². The van der Waals surface area contributed by atoms with Crippen molar-refractivity contribution in [3.05, 3.63) is 0 Å². The molecule has 2 fully saturated rings. The van der Waals surface area contributed by atoms with Gasteiger partial charge in [0.05, 0.1) is 5.92 Å². The van der Waals surface area contributed by atoms with E-state index in [9.17, 15) is 4.79 Å². The van der Waals surface area contributed by atoms with Gasteiger partial charge in [0.1, 0.15) is 0 Å². The smallest absolute Gasteiger partial charge is 0.224 e. The number of piperidine rings is 2. The molecule has 2 saturated heterocycles. The third-order valence-corrected chi connectivity index (χ3v) is 4.50. The highest BCUT2D eigenvalue weighted by Gasteiger charge is 2.27. The fraction of sp³-hybridized carbons (Fsp3) is 0.929. The Labute approximate surface area is 123 Å². The predicted molar refractivity (Wildman–Crippen MR) is 80.7 cm³/mol. The molecule has 4 nitrogen and oxygen atoms in total. The van der Waals surface area contributed by atoms with Crippen molar-refractivity contribution >= 4 is 18.3 Å². The molecule has 2 aliphatic rings. The minimum Gasteiger partial charge on any atom is -0.356 e. The molecular weight excluding hydrogens is 262 g/mol. The van der Waals surface area contributed by atoms with Crippen molar-refractivity contribution in [2.24, 2.45) is 11.8 Å². The number of hydrogen-bond donors (Lipinski definition) is 2. The molecule has 0 aromatic heterocycles. The largest absolute Gasteiger partial charge is 0.356 e. The molecule has 0 radical (unpaired) electrons. The van der Waals surface area contributed by atoms with E-state index in [-0.39, 0.29) is 24.2 Å². The van der Waals surface area contributed by atoms with Gasteiger partial charge in [0, 0.05) is 12.6 Å². The Morgan fingerprint density at radius 2 is 2.00 bits per heavy atom. The van der Waals surface area contributed by atoms with Crippen molar-refractivity contribution in [1.29, 1.82) is 0 Å². The number of carbonyl (C=O) groups excluding carboxylic acids is 1. The molecule has 1 amide bonds. The van der Waals surface area contributed by atoms with E-state index in [1.165, 1.54) is 25.9 Å². The highest BCUT2D eigenvalue weighted by Crippen LogP contribution is 2.18. The number of likely N-dealkylation sites (tertiary alicyclic amines) is 1. The Morgan fingerprint density at radius 3 is 2.63 bits per heavy atom. The second kappa shape index (κ2) is 8.08. The zero-order chi connectivity index (χ0) is 13.0. The van der Waals surface area contributed by atoms with Crippen LogP contribution < -0.4 is 10.6 Å². The first-order chi connectivity index (χ1) is 8.66. The van der Waals surface area contributed by atoms with E-state index in [0.717, 1.165) is 25.9 Å². The maximum atomic E-state index is 12.2. The molecule has 5 heteroatoms. The number of nitrogens with one attached hydrogen (secondary N) is 2. The van der Waals surface area contributed by atoms with Crippen LogP contribution >= 0.6 is 12.4 Å². The zero-order valence-corrected chi connectivity index (χ0v) is 13.0. The van der Waals surface area contributed by atoms with E-state index < -0.39 is 0 Å². The van der Waals surface area contributed by atoms with Crippen molar-refractivity contribution < 1.29 is 4.79 Å². The molecule has 2 atom stereocenters. The second-order valence-corrected chi connectivity index (χ2v) is 5.98. The average molecular weight is 290 g/mol. The summed E-state index contributed by atoms with van der Waals surface area (Å²) in [7, 11) is 2.17. The van der Waals surface area contributed by atoms with Crippen LogP contribution in [-0.4, -0.2) is 50.1 Å². The summed E-state index contributed by atoms with van der Waals surface area (Å²) in [5.74, 6) is 1.11. The minimum atomic E-state index is 0. The van der Waals surface area contributed by atoms with Gasteiger partial charge in [0.25, 0.3) is 0 Å². The summed E-state index contributed by atoms with van der Waals surface area (Å²) in [4.78, 5) is 14.5. The summed E-state index contributed by atoms with van der Waals surface area (Å²) in [5, 5.41) is 6.56. The first-order valence-corrected chi connectivity index (χ1v) is 7.36. The Hall–Kier alpha value is -0.320. The van der Waals surface area contributed by atoms with Gasteiger partial charge in [0.2, 0.25) is 5.91 Å². The number of hydrogen-bond acceptors (Lipinski definition) is 3. The maximum Gasteiger partial charge on any atom is 0.224 e. The van der Waals surface area contributed by atoms with Gasteiger partial charge in [-0.25, -0.2) is 0 Å². The Bertz CT molecular complexity index is 280. The second-order valence-electron chi connectivity index (χ2n) is 5.98. The van der Waals surface area contributed by atoms with Crippen LogP contribution in [0.2, 0.25) is 0 Å². The monoisotopic (exact) mass is 289 g/mol. The third-order valence-electron chi connectivity index (χ3n) is 4.50. The number of halogens is 1. The zero-order valence-electron chi connectivity index (χ0n) is 12.2. The van der Waals surface area contributed by atoms with Crippen molar-refractivity contribution in [2.45, 2.75) is 38.6 Å². The molecular formula is C14H28ClN3O. The van der Waals surface area contributed by atoms with Gasteiger partial charge in [-0.05, 0) is 65.2 Å². The SMILES string of the molecule is CC1NCCCC1C(=O)NCC1CCN(C)CC1.Cl. The average Bonchev–Trinajstić information content (AvgIpc) is 2.38. The highest BCUT2D eigenvalue weighted by atomic mass is 35.5. The van der Waals surface area contributed by atoms with E-state index in [4.69, 9.17) is 0 Å². The van der Waals surface area contributed by atoms with Gasteiger partial charge >= 0.3 is 0 Å². The summed E-state index contributed by atoms with van der Waals surface area (Å²) in [5.41, 5.74) is 0. The summed E-state index contributed by atoms with van der Waals surface area (Å²) in [6.45, 7) is 6.39. The van der Waals surface area contributed by atoms with E-state index in [0.29, 0.717) is 12.0 Å². The quantitative estimate of drug-likeness (QED) is 0.822. The molecule has 0 saturated carbocycles. The van der Waals surface area contributed by atoms with Crippen LogP contribution in [0.3, 0.4) is 0 Å². The van der Waals surface area contributed by atoms with Crippen LogP contribution in [0.15, 0.2) is 0 Å². The number of nitrogens with zero attached hydrogens (tertiary/aromatic N) is 1. The molecule has 2 aliphatic heterocycles. The molecule has 112 valence electrons. The summed E-state index contributed by atoms with van der Waals surface area (Å²) >= 11 is 0. The molecule has 2 heterocycles. The molecule has 0 aromatic carbocycles. The standard InChI is InChI=1S/C14H27N3O.ClH/c1-11-13(4-3-7-15-11)14(18)16-10-12-5-8-17(2)9-6-12;/h11-13,15H,3-10H2,1-2H3,(H,16,18);1H.